The first-order valence-electron chi connectivity index (χ1n) is 11.3. The maximum Gasteiger partial charge on any atom is 0.324 e. The largest absolute Gasteiger partial charge is 0.459 e. The van der Waals surface area contributed by atoms with E-state index >= 15 is 4.39 Å². The number of aromatic nitrogens is 1. The molecule has 0 unspecified atom stereocenters. The van der Waals surface area contributed by atoms with Crippen molar-refractivity contribution in [3.63, 3.8) is 0 Å². The second-order valence-electron chi connectivity index (χ2n) is 11.1. The predicted octanol–water partition coefficient (Wildman–Crippen LogP) is 6.84. The molecule has 1 aliphatic heterocycles. The maximum absolute atomic E-state index is 15.6. The Labute approximate surface area is 220 Å². The van der Waals surface area contributed by atoms with Gasteiger partial charge in [-0.1, -0.05) is 67.7 Å². The van der Waals surface area contributed by atoms with Gasteiger partial charge in [-0.15, -0.1) is 0 Å². The van der Waals surface area contributed by atoms with Crippen molar-refractivity contribution < 1.29 is 13.9 Å². The highest BCUT2D eigenvalue weighted by atomic mass is 35.5. The van der Waals surface area contributed by atoms with Crippen LogP contribution in [0.4, 0.5) is 4.39 Å². The summed E-state index contributed by atoms with van der Waals surface area (Å²) in [6.45, 7) is 11.3. The summed E-state index contributed by atoms with van der Waals surface area (Å²) in [4.78, 5) is 17.7. The molecule has 1 fully saturated rings. The number of esters is 1. The van der Waals surface area contributed by atoms with Crippen LogP contribution in [-0.4, -0.2) is 28.6 Å². The number of nitriles is 1. The Bertz CT molecular complexity index is 1170. The van der Waals surface area contributed by atoms with Crippen molar-refractivity contribution in [2.45, 2.75) is 77.0 Å². The minimum absolute atomic E-state index is 0.114. The standard InChI is InChI=1S/C26H29Cl3FN3O2/c1-24(2,3)11-18-26(13-31,15-12-32-19(29)10-17(15)28)20(14-8-7-9-16(27)21(14)30)22(33-18)23(34)35-25(4,5)6/h7-10,12,18,20,22,33H,11H2,1-6H3/t18-,20+,22+,26-/m1/s1. The molecule has 2 aromatic rings. The molecule has 0 spiro atoms. The second kappa shape index (κ2) is 9.86. The molecule has 1 saturated heterocycles. The fraction of sp³-hybridized carbons (Fsp3) is 0.500. The van der Waals surface area contributed by atoms with Crippen LogP contribution in [0.15, 0.2) is 30.5 Å². The highest BCUT2D eigenvalue weighted by Crippen LogP contribution is 2.53. The quantitative estimate of drug-likeness (QED) is 0.339. The number of pyridine rings is 1. The number of carbonyl (C=O) groups excluding carboxylic acids is 1. The zero-order valence-electron chi connectivity index (χ0n) is 20.5. The highest BCUT2D eigenvalue weighted by molar-refractivity contribution is 6.34. The molecule has 3 rings (SSSR count). The van der Waals surface area contributed by atoms with Crippen molar-refractivity contribution >= 4 is 40.8 Å². The molecule has 0 aliphatic carbocycles. The molecule has 0 amide bonds. The lowest BCUT2D eigenvalue weighted by molar-refractivity contribution is -0.157. The van der Waals surface area contributed by atoms with E-state index in [0.717, 1.165) is 0 Å². The normalized spacial score (nSPS) is 24.8. The second-order valence-corrected chi connectivity index (χ2v) is 12.3. The molecule has 1 aromatic carbocycles. The molecular formula is C26H29Cl3FN3O2. The van der Waals surface area contributed by atoms with Gasteiger partial charge in [0.1, 0.15) is 28.0 Å². The minimum Gasteiger partial charge on any atom is -0.459 e. The summed E-state index contributed by atoms with van der Waals surface area (Å²) in [5.41, 5.74) is -2.08. The van der Waals surface area contributed by atoms with E-state index in [9.17, 15) is 10.1 Å². The Kier molecular flexibility index (Phi) is 7.80. The maximum atomic E-state index is 15.6. The van der Waals surface area contributed by atoms with Gasteiger partial charge in [-0.3, -0.25) is 10.1 Å². The number of rotatable bonds is 4. The average Bonchev–Trinajstić information content (AvgIpc) is 3.02. The van der Waals surface area contributed by atoms with E-state index < -0.39 is 40.8 Å². The third-order valence-electron chi connectivity index (χ3n) is 6.00. The molecule has 188 valence electrons. The summed E-state index contributed by atoms with van der Waals surface area (Å²) in [6.07, 6.45) is 1.90. The Hall–Kier alpha value is -1.91. The predicted molar refractivity (Wildman–Crippen MR) is 136 cm³/mol. The van der Waals surface area contributed by atoms with Crippen LogP contribution in [0.25, 0.3) is 0 Å². The van der Waals surface area contributed by atoms with Crippen molar-refractivity contribution in [3.8, 4) is 6.07 Å². The number of hydrogen-bond donors (Lipinski definition) is 1. The molecule has 5 nitrogen and oxygen atoms in total. The molecule has 0 saturated carbocycles. The third kappa shape index (κ3) is 5.59. The summed E-state index contributed by atoms with van der Waals surface area (Å²) >= 11 is 18.8. The van der Waals surface area contributed by atoms with Gasteiger partial charge in [0.2, 0.25) is 0 Å². The van der Waals surface area contributed by atoms with Crippen LogP contribution in [0.2, 0.25) is 15.2 Å². The monoisotopic (exact) mass is 539 g/mol. The molecule has 0 bridgehead atoms. The lowest BCUT2D eigenvalue weighted by Gasteiger charge is -2.37. The smallest absolute Gasteiger partial charge is 0.324 e. The van der Waals surface area contributed by atoms with E-state index in [2.05, 4.69) is 16.4 Å². The SMILES string of the molecule is CC(C)(C)C[C@H]1N[C@H](C(=O)OC(C)(C)C)[C@H](c2cccc(Cl)c2F)[C@]1(C#N)c1cnc(Cl)cc1Cl. The van der Waals surface area contributed by atoms with Gasteiger partial charge in [-0.05, 0) is 50.3 Å². The van der Waals surface area contributed by atoms with Gasteiger partial charge in [0, 0.05) is 23.7 Å². The highest BCUT2D eigenvalue weighted by Gasteiger charge is 2.61. The average molecular weight is 541 g/mol. The fourth-order valence-corrected chi connectivity index (χ4v) is 5.49. The first-order chi connectivity index (χ1) is 16.1. The third-order valence-corrected chi connectivity index (χ3v) is 6.81. The van der Waals surface area contributed by atoms with Gasteiger partial charge in [-0.2, -0.15) is 5.26 Å². The van der Waals surface area contributed by atoms with Crippen LogP contribution in [0, 0.1) is 22.6 Å². The molecule has 1 N–H and O–H groups in total. The van der Waals surface area contributed by atoms with Gasteiger partial charge in [-0.25, -0.2) is 9.37 Å². The van der Waals surface area contributed by atoms with Crippen LogP contribution in [0.3, 0.4) is 0 Å². The summed E-state index contributed by atoms with van der Waals surface area (Å²) in [5, 5.41) is 14.4. The number of benzene rings is 1. The Morgan fingerprint density at radius 3 is 2.40 bits per heavy atom. The van der Waals surface area contributed by atoms with Crippen LogP contribution in [-0.2, 0) is 14.9 Å². The van der Waals surface area contributed by atoms with Gasteiger partial charge in [0.25, 0.3) is 0 Å². The summed E-state index contributed by atoms with van der Waals surface area (Å²) < 4.78 is 21.3. The topological polar surface area (TPSA) is 75.0 Å². The van der Waals surface area contributed by atoms with E-state index in [4.69, 9.17) is 39.5 Å². The number of hydrogen-bond acceptors (Lipinski definition) is 5. The van der Waals surface area contributed by atoms with E-state index in [1.807, 2.05) is 20.8 Å². The van der Waals surface area contributed by atoms with E-state index in [1.54, 1.807) is 26.8 Å². The van der Waals surface area contributed by atoms with Crippen molar-refractivity contribution in [2.24, 2.45) is 5.41 Å². The molecular weight excluding hydrogens is 512 g/mol. The zero-order chi connectivity index (χ0) is 26.3. The molecule has 1 aromatic heterocycles. The van der Waals surface area contributed by atoms with Crippen LogP contribution < -0.4 is 5.32 Å². The van der Waals surface area contributed by atoms with E-state index in [-0.39, 0.29) is 26.2 Å². The van der Waals surface area contributed by atoms with Crippen molar-refractivity contribution in [2.75, 3.05) is 0 Å². The Balaban J connectivity index is 2.37. The number of carbonyl (C=O) groups is 1. The first kappa shape index (κ1) is 27.7. The number of ether oxygens (including phenoxy) is 1. The number of halogens is 4. The van der Waals surface area contributed by atoms with Crippen molar-refractivity contribution in [3.05, 3.63) is 62.6 Å². The van der Waals surface area contributed by atoms with Crippen molar-refractivity contribution in [1.82, 2.24) is 10.3 Å². The zero-order valence-corrected chi connectivity index (χ0v) is 22.8. The van der Waals surface area contributed by atoms with Gasteiger partial charge < -0.3 is 4.74 Å². The molecule has 35 heavy (non-hydrogen) atoms. The Morgan fingerprint density at radius 2 is 1.86 bits per heavy atom. The molecule has 0 radical (unpaired) electrons. The Morgan fingerprint density at radius 1 is 1.20 bits per heavy atom. The van der Waals surface area contributed by atoms with Crippen LogP contribution >= 0.6 is 34.8 Å². The van der Waals surface area contributed by atoms with Crippen LogP contribution in [0.5, 0.6) is 0 Å². The fourth-order valence-electron chi connectivity index (χ4n) is 4.79. The molecule has 9 heteroatoms. The summed E-state index contributed by atoms with van der Waals surface area (Å²) in [5.74, 6) is -2.33. The number of nitrogens with one attached hydrogen (secondary N) is 1. The summed E-state index contributed by atoms with van der Waals surface area (Å²) in [6, 6.07) is 6.75. The van der Waals surface area contributed by atoms with Gasteiger partial charge >= 0.3 is 5.97 Å². The minimum atomic E-state index is -1.49. The molecule has 2 heterocycles. The molecule has 1 aliphatic rings. The number of nitrogens with zero attached hydrogens (tertiary/aromatic N) is 2. The lowest BCUT2D eigenvalue weighted by atomic mass is 9.63. The first-order valence-corrected chi connectivity index (χ1v) is 12.4. The van der Waals surface area contributed by atoms with Gasteiger partial charge in [0.05, 0.1) is 16.1 Å². The molecule has 4 atom stereocenters. The van der Waals surface area contributed by atoms with Gasteiger partial charge in [0.15, 0.2) is 0 Å². The summed E-state index contributed by atoms with van der Waals surface area (Å²) in [7, 11) is 0. The van der Waals surface area contributed by atoms with E-state index in [1.165, 1.54) is 24.4 Å². The lowest BCUT2D eigenvalue weighted by Crippen LogP contribution is -2.44. The van der Waals surface area contributed by atoms with Crippen molar-refractivity contribution in [1.29, 1.82) is 5.26 Å². The van der Waals surface area contributed by atoms with E-state index in [0.29, 0.717) is 12.0 Å². The van der Waals surface area contributed by atoms with Crippen LogP contribution in [0.1, 0.15) is 65.0 Å².